The summed E-state index contributed by atoms with van der Waals surface area (Å²) >= 11 is 0. The zero-order chi connectivity index (χ0) is 10.3. The number of furan rings is 1. The van der Waals surface area contributed by atoms with E-state index in [2.05, 4.69) is 0 Å². The molecule has 14 heavy (non-hydrogen) atoms. The van der Waals surface area contributed by atoms with Crippen LogP contribution in [0.15, 0.2) is 10.5 Å². The van der Waals surface area contributed by atoms with Gasteiger partial charge in [-0.3, -0.25) is 0 Å². The van der Waals surface area contributed by atoms with Crippen molar-refractivity contribution in [1.82, 2.24) is 0 Å². The van der Waals surface area contributed by atoms with Crippen LogP contribution in [0, 0.1) is 0 Å². The summed E-state index contributed by atoms with van der Waals surface area (Å²) in [6.45, 7) is 1.97. The Balaban J connectivity index is 2.47. The zero-order valence-electron chi connectivity index (χ0n) is 8.04. The minimum atomic E-state index is -1.23. The van der Waals surface area contributed by atoms with Gasteiger partial charge in [0.1, 0.15) is 17.1 Å². The van der Waals surface area contributed by atoms with Gasteiger partial charge in [0.25, 0.3) is 0 Å². The molecule has 4 heteroatoms. The molecular weight excluding hydrogens is 182 g/mol. The number of nitrogens with two attached hydrogens (primary N) is 1. The maximum Gasteiger partial charge on any atom is 0.328 e. The van der Waals surface area contributed by atoms with Crippen molar-refractivity contribution in [2.45, 2.75) is 31.7 Å². The van der Waals surface area contributed by atoms with Crippen molar-refractivity contribution in [1.29, 1.82) is 0 Å². The number of carbonyl (C=O) groups is 1. The van der Waals surface area contributed by atoms with Gasteiger partial charge in [0.05, 0.1) is 0 Å². The molecule has 1 aromatic rings. The van der Waals surface area contributed by atoms with E-state index in [1.165, 1.54) is 0 Å². The van der Waals surface area contributed by atoms with Gasteiger partial charge in [-0.2, -0.15) is 0 Å². The molecular formula is C10H13NO3. The first kappa shape index (κ1) is 9.27. The van der Waals surface area contributed by atoms with E-state index in [1.54, 1.807) is 6.07 Å². The summed E-state index contributed by atoms with van der Waals surface area (Å²) in [6.07, 6.45) is 1.82. The molecule has 0 saturated heterocycles. The predicted molar refractivity (Wildman–Crippen MR) is 49.9 cm³/mol. The van der Waals surface area contributed by atoms with Gasteiger partial charge in [-0.15, -0.1) is 0 Å². The maximum absolute atomic E-state index is 11.0. The van der Waals surface area contributed by atoms with Gasteiger partial charge in [0, 0.05) is 18.4 Å². The third-order valence-electron chi connectivity index (χ3n) is 2.82. The van der Waals surface area contributed by atoms with Crippen LogP contribution in [0.4, 0.5) is 0 Å². The Bertz CT molecular complexity index is 383. The number of hydrogen-bond acceptors (Lipinski definition) is 3. The van der Waals surface area contributed by atoms with Crippen molar-refractivity contribution < 1.29 is 14.3 Å². The Kier molecular flexibility index (Phi) is 1.89. The van der Waals surface area contributed by atoms with Crippen LogP contribution in [-0.4, -0.2) is 11.1 Å². The molecule has 1 aliphatic rings. The lowest BCUT2D eigenvalue weighted by Gasteiger charge is -2.17. The molecule has 4 nitrogen and oxygen atoms in total. The Morgan fingerprint density at radius 1 is 1.79 bits per heavy atom. The van der Waals surface area contributed by atoms with Crippen molar-refractivity contribution >= 4 is 5.97 Å². The number of rotatable bonds is 2. The molecule has 2 rings (SSSR count). The van der Waals surface area contributed by atoms with E-state index in [0.29, 0.717) is 18.4 Å². The maximum atomic E-state index is 11.0. The van der Waals surface area contributed by atoms with Crippen LogP contribution in [0.25, 0.3) is 0 Å². The molecule has 0 aliphatic heterocycles. The third kappa shape index (κ3) is 1.07. The summed E-state index contributed by atoms with van der Waals surface area (Å²) < 4.78 is 5.48. The quantitative estimate of drug-likeness (QED) is 0.738. The highest BCUT2D eigenvalue weighted by atomic mass is 16.4. The number of carboxylic acid groups (broad SMARTS) is 1. The van der Waals surface area contributed by atoms with Crippen LogP contribution >= 0.6 is 0 Å². The summed E-state index contributed by atoms with van der Waals surface area (Å²) in [5.74, 6) is 0.581. The SMILES string of the molecule is CCc1cc2c(o1)CCC2(N)C(=O)O. The number of aryl methyl sites for hydroxylation is 2. The lowest BCUT2D eigenvalue weighted by molar-refractivity contribution is -0.143. The molecule has 0 amide bonds. The molecule has 0 saturated carbocycles. The van der Waals surface area contributed by atoms with Crippen LogP contribution in [0.3, 0.4) is 0 Å². The number of carboxylic acids is 1. The van der Waals surface area contributed by atoms with Gasteiger partial charge in [0.2, 0.25) is 0 Å². The molecule has 0 aromatic carbocycles. The minimum Gasteiger partial charge on any atom is -0.480 e. The molecule has 1 aromatic heterocycles. The molecule has 0 radical (unpaired) electrons. The first-order valence-corrected chi connectivity index (χ1v) is 4.72. The highest BCUT2D eigenvalue weighted by molar-refractivity contribution is 5.82. The third-order valence-corrected chi connectivity index (χ3v) is 2.82. The number of fused-ring (bicyclic) bond motifs is 1. The standard InChI is InChI=1S/C10H13NO3/c1-2-6-5-7-8(14-6)3-4-10(7,11)9(12)13/h5H,2-4,11H2,1H3,(H,12,13). The van der Waals surface area contributed by atoms with Gasteiger partial charge >= 0.3 is 5.97 Å². The molecule has 76 valence electrons. The van der Waals surface area contributed by atoms with Crippen LogP contribution in [-0.2, 0) is 23.2 Å². The molecule has 0 fully saturated rings. The lowest BCUT2D eigenvalue weighted by atomic mass is 9.94. The Labute approximate surface area is 81.7 Å². The van der Waals surface area contributed by atoms with Crippen molar-refractivity contribution in [2.75, 3.05) is 0 Å². The van der Waals surface area contributed by atoms with Crippen molar-refractivity contribution in [2.24, 2.45) is 5.73 Å². The highest BCUT2D eigenvalue weighted by Crippen LogP contribution is 2.37. The zero-order valence-corrected chi connectivity index (χ0v) is 8.04. The average Bonchev–Trinajstić information content (AvgIpc) is 2.67. The molecule has 1 heterocycles. The highest BCUT2D eigenvalue weighted by Gasteiger charge is 2.44. The smallest absolute Gasteiger partial charge is 0.328 e. The van der Waals surface area contributed by atoms with E-state index < -0.39 is 11.5 Å². The second-order valence-electron chi connectivity index (χ2n) is 3.68. The summed E-state index contributed by atoms with van der Waals surface area (Å²) in [7, 11) is 0. The number of aliphatic carboxylic acids is 1. The normalized spacial score (nSPS) is 25.0. The monoisotopic (exact) mass is 195 g/mol. The van der Waals surface area contributed by atoms with Crippen molar-refractivity contribution in [3.63, 3.8) is 0 Å². The number of hydrogen-bond donors (Lipinski definition) is 2. The fourth-order valence-corrected chi connectivity index (χ4v) is 1.89. The van der Waals surface area contributed by atoms with E-state index >= 15 is 0 Å². The summed E-state index contributed by atoms with van der Waals surface area (Å²) in [6, 6.07) is 1.77. The average molecular weight is 195 g/mol. The molecule has 1 atom stereocenters. The van der Waals surface area contributed by atoms with Crippen molar-refractivity contribution in [3.8, 4) is 0 Å². The van der Waals surface area contributed by atoms with Gasteiger partial charge < -0.3 is 15.3 Å². The van der Waals surface area contributed by atoms with E-state index in [9.17, 15) is 4.79 Å². The lowest BCUT2D eigenvalue weighted by Crippen LogP contribution is -2.42. The Morgan fingerprint density at radius 2 is 2.50 bits per heavy atom. The fraction of sp³-hybridized carbons (Fsp3) is 0.500. The van der Waals surface area contributed by atoms with Crippen LogP contribution in [0.5, 0.6) is 0 Å². The van der Waals surface area contributed by atoms with Crippen LogP contribution in [0.1, 0.15) is 30.4 Å². The summed E-state index contributed by atoms with van der Waals surface area (Å²) in [4.78, 5) is 11.0. The topological polar surface area (TPSA) is 76.5 Å². The second-order valence-corrected chi connectivity index (χ2v) is 3.68. The molecule has 3 N–H and O–H groups in total. The Morgan fingerprint density at radius 3 is 3.07 bits per heavy atom. The minimum absolute atomic E-state index is 0.431. The Hall–Kier alpha value is -1.29. The van der Waals surface area contributed by atoms with Gasteiger partial charge in [0.15, 0.2) is 0 Å². The first-order chi connectivity index (χ1) is 6.58. The van der Waals surface area contributed by atoms with Gasteiger partial charge in [-0.25, -0.2) is 4.79 Å². The van der Waals surface area contributed by atoms with Crippen molar-refractivity contribution in [3.05, 3.63) is 23.2 Å². The second kappa shape index (κ2) is 2.85. The van der Waals surface area contributed by atoms with Gasteiger partial charge in [-0.05, 0) is 12.5 Å². The van der Waals surface area contributed by atoms with E-state index in [1.807, 2.05) is 6.92 Å². The largest absolute Gasteiger partial charge is 0.480 e. The summed E-state index contributed by atoms with van der Waals surface area (Å²) in [5.41, 5.74) is 5.25. The molecule has 0 bridgehead atoms. The molecule has 0 spiro atoms. The van der Waals surface area contributed by atoms with Crippen LogP contribution in [0.2, 0.25) is 0 Å². The molecule has 1 unspecified atom stereocenters. The van der Waals surface area contributed by atoms with Crippen LogP contribution < -0.4 is 5.73 Å². The first-order valence-electron chi connectivity index (χ1n) is 4.72. The molecule has 1 aliphatic carbocycles. The predicted octanol–water partition coefficient (Wildman–Crippen LogP) is 1.03. The summed E-state index contributed by atoms with van der Waals surface area (Å²) in [5, 5.41) is 9.03. The van der Waals surface area contributed by atoms with E-state index in [4.69, 9.17) is 15.3 Å². The fourth-order valence-electron chi connectivity index (χ4n) is 1.89. The van der Waals surface area contributed by atoms with Gasteiger partial charge in [-0.1, -0.05) is 6.92 Å². The van der Waals surface area contributed by atoms with E-state index in [-0.39, 0.29) is 0 Å². The van der Waals surface area contributed by atoms with E-state index in [0.717, 1.165) is 17.9 Å².